The number of furan rings is 1. The average molecular weight is 340 g/mol. The molecule has 20 heavy (non-hydrogen) atoms. The van der Waals surface area contributed by atoms with Crippen molar-refractivity contribution in [3.05, 3.63) is 44.7 Å². The summed E-state index contributed by atoms with van der Waals surface area (Å²) in [5, 5.41) is 7.40. The van der Waals surface area contributed by atoms with Gasteiger partial charge in [0.1, 0.15) is 16.0 Å². The van der Waals surface area contributed by atoms with E-state index in [1.54, 1.807) is 6.20 Å². The van der Waals surface area contributed by atoms with E-state index in [1.165, 1.54) is 4.68 Å². The summed E-state index contributed by atoms with van der Waals surface area (Å²) in [6.45, 7) is 7.71. The molecule has 0 aliphatic carbocycles. The molecule has 0 aromatic carbocycles. The standard InChI is InChI=1S/C14H18BrN3O2/c1-8(2)18-14(19)13(15)11(7-16-18)17-10(4)12-6-5-9(3)20-12/h5-8,10,17H,1-4H3. The van der Waals surface area contributed by atoms with Gasteiger partial charge in [0, 0.05) is 0 Å². The largest absolute Gasteiger partial charge is 0.464 e. The second kappa shape index (κ2) is 5.83. The molecule has 6 heteroatoms. The fraction of sp³-hybridized carbons (Fsp3) is 0.429. The molecular formula is C14H18BrN3O2. The van der Waals surface area contributed by atoms with Crippen LogP contribution in [0.1, 0.15) is 44.4 Å². The average Bonchev–Trinajstić information content (AvgIpc) is 2.81. The monoisotopic (exact) mass is 339 g/mol. The smallest absolute Gasteiger partial charge is 0.283 e. The van der Waals surface area contributed by atoms with Crippen molar-refractivity contribution in [1.29, 1.82) is 0 Å². The van der Waals surface area contributed by atoms with E-state index in [4.69, 9.17) is 4.42 Å². The first-order valence-corrected chi connectivity index (χ1v) is 7.29. The highest BCUT2D eigenvalue weighted by molar-refractivity contribution is 9.10. The predicted octanol–water partition coefficient (Wildman–Crippen LogP) is 3.66. The minimum atomic E-state index is -0.146. The normalized spacial score (nSPS) is 12.7. The van der Waals surface area contributed by atoms with Gasteiger partial charge in [-0.2, -0.15) is 5.10 Å². The Kier molecular flexibility index (Phi) is 4.32. The molecule has 0 saturated carbocycles. The molecule has 0 amide bonds. The van der Waals surface area contributed by atoms with Crippen molar-refractivity contribution in [2.45, 2.75) is 39.8 Å². The van der Waals surface area contributed by atoms with Gasteiger partial charge in [0.15, 0.2) is 0 Å². The van der Waals surface area contributed by atoms with Crippen LogP contribution in [0.4, 0.5) is 5.69 Å². The van der Waals surface area contributed by atoms with E-state index >= 15 is 0 Å². The molecule has 0 bridgehead atoms. The molecule has 1 N–H and O–H groups in total. The fourth-order valence-corrected chi connectivity index (χ4v) is 2.30. The molecule has 5 nitrogen and oxygen atoms in total. The third kappa shape index (κ3) is 2.95. The SMILES string of the molecule is Cc1ccc(C(C)Nc2cnn(C(C)C)c(=O)c2Br)o1. The van der Waals surface area contributed by atoms with Crippen LogP contribution in [0.15, 0.2) is 32.0 Å². The van der Waals surface area contributed by atoms with Gasteiger partial charge in [-0.25, -0.2) is 4.68 Å². The zero-order valence-electron chi connectivity index (χ0n) is 12.0. The van der Waals surface area contributed by atoms with Crippen LogP contribution in [0, 0.1) is 6.92 Å². The topological polar surface area (TPSA) is 60.1 Å². The van der Waals surface area contributed by atoms with E-state index in [2.05, 4.69) is 26.3 Å². The van der Waals surface area contributed by atoms with E-state index in [1.807, 2.05) is 39.8 Å². The second-order valence-corrected chi connectivity index (χ2v) is 5.82. The lowest BCUT2D eigenvalue weighted by atomic mass is 10.2. The Morgan fingerprint density at radius 3 is 2.60 bits per heavy atom. The number of hydrogen-bond donors (Lipinski definition) is 1. The van der Waals surface area contributed by atoms with Gasteiger partial charge in [-0.05, 0) is 55.8 Å². The van der Waals surface area contributed by atoms with E-state index in [9.17, 15) is 4.79 Å². The number of anilines is 1. The van der Waals surface area contributed by atoms with Crippen LogP contribution in [0.3, 0.4) is 0 Å². The summed E-state index contributed by atoms with van der Waals surface area (Å²) in [5.74, 6) is 1.68. The second-order valence-electron chi connectivity index (χ2n) is 5.03. The predicted molar refractivity (Wildman–Crippen MR) is 82.1 cm³/mol. The summed E-state index contributed by atoms with van der Waals surface area (Å²) in [5.41, 5.74) is 0.515. The molecule has 0 saturated heterocycles. The first-order chi connectivity index (χ1) is 9.40. The molecular weight excluding hydrogens is 322 g/mol. The Morgan fingerprint density at radius 1 is 1.35 bits per heavy atom. The van der Waals surface area contributed by atoms with Gasteiger partial charge in [0.05, 0.1) is 24.0 Å². The molecule has 1 atom stereocenters. The van der Waals surface area contributed by atoms with Crippen LogP contribution in [0.25, 0.3) is 0 Å². The number of rotatable bonds is 4. The molecule has 0 aliphatic heterocycles. The lowest BCUT2D eigenvalue weighted by Crippen LogP contribution is -2.26. The van der Waals surface area contributed by atoms with Crippen molar-refractivity contribution in [1.82, 2.24) is 9.78 Å². The summed E-state index contributed by atoms with van der Waals surface area (Å²) in [6.07, 6.45) is 1.65. The summed E-state index contributed by atoms with van der Waals surface area (Å²) >= 11 is 3.34. The zero-order chi connectivity index (χ0) is 14.9. The van der Waals surface area contributed by atoms with Gasteiger partial charge in [-0.1, -0.05) is 0 Å². The summed E-state index contributed by atoms with van der Waals surface area (Å²) in [4.78, 5) is 12.1. The van der Waals surface area contributed by atoms with Crippen molar-refractivity contribution < 1.29 is 4.42 Å². The van der Waals surface area contributed by atoms with E-state index in [0.717, 1.165) is 11.5 Å². The van der Waals surface area contributed by atoms with Gasteiger partial charge < -0.3 is 9.73 Å². The quantitative estimate of drug-likeness (QED) is 0.923. The molecule has 2 heterocycles. The maximum Gasteiger partial charge on any atom is 0.283 e. The molecule has 0 aliphatic rings. The highest BCUT2D eigenvalue weighted by Gasteiger charge is 2.15. The van der Waals surface area contributed by atoms with Gasteiger partial charge >= 0.3 is 0 Å². The van der Waals surface area contributed by atoms with Crippen LogP contribution in [0.5, 0.6) is 0 Å². The first-order valence-electron chi connectivity index (χ1n) is 6.50. The minimum Gasteiger partial charge on any atom is -0.464 e. The van der Waals surface area contributed by atoms with Crippen molar-refractivity contribution in [2.24, 2.45) is 0 Å². The Hall–Kier alpha value is -1.56. The maximum atomic E-state index is 12.1. The van der Waals surface area contributed by atoms with Crippen molar-refractivity contribution in [2.75, 3.05) is 5.32 Å². The van der Waals surface area contributed by atoms with Crippen molar-refractivity contribution >= 4 is 21.6 Å². The number of hydrogen-bond acceptors (Lipinski definition) is 4. The number of aromatic nitrogens is 2. The Morgan fingerprint density at radius 2 is 2.05 bits per heavy atom. The Labute approximate surface area is 126 Å². The minimum absolute atomic E-state index is 0.0259. The van der Waals surface area contributed by atoms with Gasteiger partial charge in [0.25, 0.3) is 5.56 Å². The highest BCUT2D eigenvalue weighted by atomic mass is 79.9. The molecule has 2 aromatic rings. The first kappa shape index (κ1) is 14.8. The van der Waals surface area contributed by atoms with E-state index < -0.39 is 0 Å². The van der Waals surface area contributed by atoms with Crippen LogP contribution in [-0.2, 0) is 0 Å². The number of halogens is 1. The lowest BCUT2D eigenvalue weighted by Gasteiger charge is -2.16. The number of nitrogens with one attached hydrogen (secondary N) is 1. The zero-order valence-corrected chi connectivity index (χ0v) is 13.6. The summed E-state index contributed by atoms with van der Waals surface area (Å²) in [7, 11) is 0. The fourth-order valence-electron chi connectivity index (χ4n) is 1.90. The number of nitrogens with zero attached hydrogens (tertiary/aromatic N) is 2. The molecule has 1 unspecified atom stereocenters. The molecule has 2 rings (SSSR count). The summed E-state index contributed by atoms with van der Waals surface area (Å²) in [6, 6.07) is 3.82. The molecule has 0 radical (unpaired) electrons. The highest BCUT2D eigenvalue weighted by Crippen LogP contribution is 2.24. The summed E-state index contributed by atoms with van der Waals surface area (Å²) < 4.78 is 7.49. The van der Waals surface area contributed by atoms with Crippen LogP contribution >= 0.6 is 15.9 Å². The third-order valence-electron chi connectivity index (χ3n) is 2.99. The van der Waals surface area contributed by atoms with Crippen LogP contribution < -0.4 is 10.9 Å². The molecule has 2 aromatic heterocycles. The van der Waals surface area contributed by atoms with E-state index in [0.29, 0.717) is 10.2 Å². The maximum absolute atomic E-state index is 12.1. The van der Waals surface area contributed by atoms with Crippen molar-refractivity contribution in [3.8, 4) is 0 Å². The Balaban J connectivity index is 2.26. The molecule has 0 fully saturated rings. The molecule has 108 valence electrons. The third-order valence-corrected chi connectivity index (χ3v) is 3.76. The molecule has 0 spiro atoms. The van der Waals surface area contributed by atoms with Crippen molar-refractivity contribution in [3.63, 3.8) is 0 Å². The number of aryl methyl sites for hydroxylation is 1. The van der Waals surface area contributed by atoms with Crippen LogP contribution in [0.2, 0.25) is 0 Å². The van der Waals surface area contributed by atoms with Crippen LogP contribution in [-0.4, -0.2) is 9.78 Å². The van der Waals surface area contributed by atoms with Gasteiger partial charge in [0.2, 0.25) is 0 Å². The Bertz CT molecular complexity index is 661. The van der Waals surface area contributed by atoms with E-state index in [-0.39, 0.29) is 17.6 Å². The van der Waals surface area contributed by atoms with Gasteiger partial charge in [-0.15, -0.1) is 0 Å². The van der Waals surface area contributed by atoms with Gasteiger partial charge in [-0.3, -0.25) is 4.79 Å². The lowest BCUT2D eigenvalue weighted by molar-refractivity contribution is 0.466.